The van der Waals surface area contributed by atoms with E-state index in [4.69, 9.17) is 0 Å². The summed E-state index contributed by atoms with van der Waals surface area (Å²) in [6.45, 7) is 12.0. The van der Waals surface area contributed by atoms with Crippen molar-refractivity contribution in [3.63, 3.8) is 0 Å². The Bertz CT molecular complexity index is 359. The van der Waals surface area contributed by atoms with E-state index in [1.807, 2.05) is 0 Å². The highest BCUT2D eigenvalue weighted by Crippen LogP contribution is 2.58. The number of piperazine rings is 1. The number of likely N-dealkylation sites (N-methyl/N-ethyl adjacent to an activating group) is 1. The lowest BCUT2D eigenvalue weighted by Gasteiger charge is -2.34. The third-order valence-electron chi connectivity index (χ3n) is 5.74. The van der Waals surface area contributed by atoms with Gasteiger partial charge in [-0.3, -0.25) is 9.69 Å². The summed E-state index contributed by atoms with van der Waals surface area (Å²) in [6, 6.07) is 0. The molecule has 1 amide bonds. The Morgan fingerprint density at radius 1 is 1.19 bits per heavy atom. The standard InChI is InChI=1S/C16H30N4O/c1-2-19-9-11-20(12-10-19)8-7-18-15(21)14-13-16(14)3-5-17-6-4-16/h14,17H,2-13H2,1H3,(H,18,21). The molecule has 2 saturated heterocycles. The van der Waals surface area contributed by atoms with Crippen molar-refractivity contribution >= 4 is 5.91 Å². The van der Waals surface area contributed by atoms with Crippen LogP contribution in [0.5, 0.6) is 0 Å². The number of carbonyl (C=O) groups is 1. The summed E-state index contributed by atoms with van der Waals surface area (Å²) in [5.41, 5.74) is 0.363. The Hall–Kier alpha value is -0.650. The first kappa shape index (κ1) is 15.3. The van der Waals surface area contributed by atoms with Gasteiger partial charge in [0.05, 0.1) is 0 Å². The lowest BCUT2D eigenvalue weighted by Crippen LogP contribution is -2.48. The van der Waals surface area contributed by atoms with Crippen LogP contribution in [-0.2, 0) is 4.79 Å². The summed E-state index contributed by atoms with van der Waals surface area (Å²) in [4.78, 5) is 17.2. The summed E-state index contributed by atoms with van der Waals surface area (Å²) in [5, 5.41) is 6.57. The maximum absolute atomic E-state index is 12.3. The molecule has 2 aliphatic heterocycles. The van der Waals surface area contributed by atoms with Crippen LogP contribution >= 0.6 is 0 Å². The van der Waals surface area contributed by atoms with Gasteiger partial charge in [-0.25, -0.2) is 0 Å². The van der Waals surface area contributed by atoms with Crippen LogP contribution in [0.3, 0.4) is 0 Å². The van der Waals surface area contributed by atoms with Gasteiger partial charge in [-0.2, -0.15) is 0 Å². The Labute approximate surface area is 128 Å². The topological polar surface area (TPSA) is 47.6 Å². The molecule has 0 aromatic carbocycles. The van der Waals surface area contributed by atoms with E-state index in [0.717, 1.165) is 52.2 Å². The summed E-state index contributed by atoms with van der Waals surface area (Å²) >= 11 is 0. The highest BCUT2D eigenvalue weighted by molar-refractivity contribution is 5.82. The number of rotatable bonds is 5. The Morgan fingerprint density at radius 2 is 1.86 bits per heavy atom. The van der Waals surface area contributed by atoms with Crippen molar-refractivity contribution in [3.05, 3.63) is 0 Å². The number of piperidine rings is 1. The Morgan fingerprint density at radius 3 is 2.52 bits per heavy atom. The molecule has 21 heavy (non-hydrogen) atoms. The zero-order chi connectivity index (χ0) is 14.7. The monoisotopic (exact) mass is 294 g/mol. The molecule has 1 atom stereocenters. The molecule has 5 nitrogen and oxygen atoms in total. The van der Waals surface area contributed by atoms with Gasteiger partial charge in [0, 0.05) is 45.2 Å². The van der Waals surface area contributed by atoms with Gasteiger partial charge in [0.15, 0.2) is 0 Å². The number of hydrogen-bond acceptors (Lipinski definition) is 4. The van der Waals surface area contributed by atoms with E-state index in [1.54, 1.807) is 0 Å². The maximum atomic E-state index is 12.3. The van der Waals surface area contributed by atoms with E-state index in [0.29, 0.717) is 17.2 Å². The summed E-state index contributed by atoms with van der Waals surface area (Å²) in [5.74, 6) is 0.612. The third-order valence-corrected chi connectivity index (χ3v) is 5.74. The molecular formula is C16H30N4O. The summed E-state index contributed by atoms with van der Waals surface area (Å²) < 4.78 is 0. The smallest absolute Gasteiger partial charge is 0.223 e. The lowest BCUT2D eigenvalue weighted by molar-refractivity contribution is -0.123. The fourth-order valence-electron chi connectivity index (χ4n) is 3.99. The van der Waals surface area contributed by atoms with Crippen LogP contribution in [-0.4, -0.2) is 74.6 Å². The van der Waals surface area contributed by atoms with Crippen molar-refractivity contribution in [3.8, 4) is 0 Å². The first-order chi connectivity index (χ1) is 10.2. The first-order valence-electron chi connectivity index (χ1n) is 8.67. The second-order valence-electron chi connectivity index (χ2n) is 6.94. The second kappa shape index (κ2) is 6.63. The average Bonchev–Trinajstić information content (AvgIpc) is 3.22. The van der Waals surface area contributed by atoms with Crippen LogP contribution in [0.2, 0.25) is 0 Å². The third kappa shape index (κ3) is 3.58. The molecule has 0 bridgehead atoms. The van der Waals surface area contributed by atoms with Gasteiger partial charge in [0.25, 0.3) is 0 Å². The van der Waals surface area contributed by atoms with Gasteiger partial charge in [0.1, 0.15) is 0 Å². The largest absolute Gasteiger partial charge is 0.355 e. The molecule has 3 rings (SSSR count). The second-order valence-corrected chi connectivity index (χ2v) is 6.94. The fourth-order valence-corrected chi connectivity index (χ4v) is 3.99. The molecule has 1 spiro atoms. The van der Waals surface area contributed by atoms with Crippen LogP contribution < -0.4 is 10.6 Å². The summed E-state index contributed by atoms with van der Waals surface area (Å²) in [6.07, 6.45) is 3.49. The van der Waals surface area contributed by atoms with Gasteiger partial charge in [-0.1, -0.05) is 6.92 Å². The first-order valence-corrected chi connectivity index (χ1v) is 8.67. The number of nitrogens with zero attached hydrogens (tertiary/aromatic N) is 2. The normalized spacial score (nSPS) is 29.5. The summed E-state index contributed by atoms with van der Waals surface area (Å²) in [7, 11) is 0. The van der Waals surface area contributed by atoms with Crippen LogP contribution in [0.4, 0.5) is 0 Å². The van der Waals surface area contributed by atoms with E-state index in [2.05, 4.69) is 27.4 Å². The lowest BCUT2D eigenvalue weighted by atomic mass is 9.92. The van der Waals surface area contributed by atoms with E-state index < -0.39 is 0 Å². The van der Waals surface area contributed by atoms with Crippen LogP contribution in [0.1, 0.15) is 26.2 Å². The zero-order valence-electron chi connectivity index (χ0n) is 13.4. The Balaban J connectivity index is 1.32. The van der Waals surface area contributed by atoms with Crippen molar-refractivity contribution in [2.75, 3.05) is 58.9 Å². The van der Waals surface area contributed by atoms with Crippen molar-refractivity contribution < 1.29 is 4.79 Å². The van der Waals surface area contributed by atoms with E-state index in [-0.39, 0.29) is 0 Å². The number of nitrogens with one attached hydrogen (secondary N) is 2. The van der Waals surface area contributed by atoms with E-state index >= 15 is 0 Å². The minimum absolute atomic E-state index is 0.302. The van der Waals surface area contributed by atoms with Gasteiger partial charge in [-0.05, 0) is 44.3 Å². The molecule has 2 heterocycles. The van der Waals surface area contributed by atoms with Gasteiger partial charge >= 0.3 is 0 Å². The van der Waals surface area contributed by atoms with Crippen molar-refractivity contribution in [2.24, 2.45) is 11.3 Å². The predicted molar refractivity (Wildman–Crippen MR) is 84.2 cm³/mol. The molecule has 0 radical (unpaired) electrons. The molecule has 0 aromatic heterocycles. The van der Waals surface area contributed by atoms with Gasteiger partial charge in [-0.15, -0.1) is 0 Å². The SMILES string of the molecule is CCN1CCN(CCNC(=O)C2CC23CCNCC3)CC1. The quantitative estimate of drug-likeness (QED) is 0.757. The molecule has 120 valence electrons. The highest BCUT2D eigenvalue weighted by atomic mass is 16.2. The van der Waals surface area contributed by atoms with Gasteiger partial charge < -0.3 is 15.5 Å². The molecule has 1 aliphatic carbocycles. The molecule has 1 saturated carbocycles. The molecule has 2 N–H and O–H groups in total. The molecule has 3 aliphatic rings. The molecule has 5 heteroatoms. The molecular weight excluding hydrogens is 264 g/mol. The van der Waals surface area contributed by atoms with Crippen molar-refractivity contribution in [1.29, 1.82) is 0 Å². The van der Waals surface area contributed by atoms with Crippen LogP contribution in [0.15, 0.2) is 0 Å². The number of amides is 1. The van der Waals surface area contributed by atoms with E-state index in [1.165, 1.54) is 25.9 Å². The molecule has 1 unspecified atom stereocenters. The molecule has 3 fully saturated rings. The van der Waals surface area contributed by atoms with E-state index in [9.17, 15) is 4.79 Å². The average molecular weight is 294 g/mol. The predicted octanol–water partition coefficient (Wildman–Crippen LogP) is 0.130. The minimum atomic E-state index is 0.302. The highest BCUT2D eigenvalue weighted by Gasteiger charge is 2.57. The van der Waals surface area contributed by atoms with Gasteiger partial charge in [0.2, 0.25) is 5.91 Å². The number of hydrogen-bond donors (Lipinski definition) is 2. The van der Waals surface area contributed by atoms with Crippen LogP contribution in [0.25, 0.3) is 0 Å². The maximum Gasteiger partial charge on any atom is 0.223 e. The minimum Gasteiger partial charge on any atom is -0.355 e. The number of carbonyl (C=O) groups excluding carboxylic acids is 1. The Kier molecular flexibility index (Phi) is 4.82. The zero-order valence-corrected chi connectivity index (χ0v) is 13.4. The van der Waals surface area contributed by atoms with Crippen LogP contribution in [0, 0.1) is 11.3 Å². The fraction of sp³-hybridized carbons (Fsp3) is 0.938. The molecule has 0 aromatic rings. The van der Waals surface area contributed by atoms with Crippen molar-refractivity contribution in [2.45, 2.75) is 26.2 Å². The van der Waals surface area contributed by atoms with Crippen molar-refractivity contribution in [1.82, 2.24) is 20.4 Å².